The molecule has 0 aromatic rings. The summed E-state index contributed by atoms with van der Waals surface area (Å²) in [6.07, 6.45) is 6.39. The Morgan fingerprint density at radius 2 is 2.58 bits per heavy atom. The molecule has 0 amide bonds. The molecule has 12 heavy (non-hydrogen) atoms. The lowest BCUT2D eigenvalue weighted by Gasteiger charge is -2.08. The Labute approximate surface area is 73.4 Å². The molecule has 1 unspecified atom stereocenters. The summed E-state index contributed by atoms with van der Waals surface area (Å²) < 4.78 is 10.7. The smallest absolute Gasteiger partial charge is 0.0831 e. The highest BCUT2D eigenvalue weighted by Gasteiger charge is 2.14. The number of hydrogen-bond donors (Lipinski definition) is 1. The number of ether oxygens (including phenoxy) is 2. The van der Waals surface area contributed by atoms with Crippen LogP contribution < -0.4 is 5.32 Å². The van der Waals surface area contributed by atoms with Gasteiger partial charge in [-0.1, -0.05) is 5.92 Å². The molecule has 3 heteroatoms. The van der Waals surface area contributed by atoms with Crippen LogP contribution in [-0.2, 0) is 9.47 Å². The first-order chi connectivity index (χ1) is 5.93. The van der Waals surface area contributed by atoms with E-state index in [1.807, 2.05) is 0 Å². The number of nitrogens with one attached hydrogen (secondary N) is 1. The Morgan fingerprint density at radius 3 is 3.25 bits per heavy atom. The van der Waals surface area contributed by atoms with Crippen LogP contribution in [0.3, 0.4) is 0 Å². The summed E-state index contributed by atoms with van der Waals surface area (Å²) in [6.45, 7) is 3.73. The molecule has 0 spiro atoms. The molecule has 1 aliphatic heterocycles. The van der Waals surface area contributed by atoms with Crippen molar-refractivity contribution in [3.63, 3.8) is 0 Å². The minimum absolute atomic E-state index is 0.303. The van der Waals surface area contributed by atoms with E-state index >= 15 is 0 Å². The predicted molar refractivity (Wildman–Crippen MR) is 46.9 cm³/mol. The monoisotopic (exact) mass is 169 g/mol. The van der Waals surface area contributed by atoms with E-state index in [4.69, 9.17) is 15.9 Å². The molecule has 1 heterocycles. The minimum Gasteiger partial charge on any atom is -0.379 e. The van der Waals surface area contributed by atoms with Gasteiger partial charge < -0.3 is 14.8 Å². The second-order valence-corrected chi connectivity index (χ2v) is 2.74. The van der Waals surface area contributed by atoms with Crippen LogP contribution in [-0.4, -0.2) is 39.0 Å². The zero-order valence-corrected chi connectivity index (χ0v) is 7.21. The Morgan fingerprint density at radius 1 is 1.67 bits per heavy atom. The summed E-state index contributed by atoms with van der Waals surface area (Å²) in [7, 11) is 0. The molecule has 0 aromatic carbocycles. The fraction of sp³-hybridized carbons (Fsp3) is 0.778. The molecule has 0 aliphatic carbocycles. The summed E-state index contributed by atoms with van der Waals surface area (Å²) in [4.78, 5) is 0. The molecule has 0 saturated carbocycles. The van der Waals surface area contributed by atoms with Gasteiger partial charge in [-0.25, -0.2) is 0 Å². The number of terminal acetylenes is 1. The van der Waals surface area contributed by atoms with Gasteiger partial charge in [-0.2, -0.15) is 0 Å². The van der Waals surface area contributed by atoms with Gasteiger partial charge >= 0.3 is 0 Å². The van der Waals surface area contributed by atoms with Crippen molar-refractivity contribution in [1.29, 1.82) is 0 Å². The highest BCUT2D eigenvalue weighted by atomic mass is 16.5. The van der Waals surface area contributed by atoms with Crippen molar-refractivity contribution < 1.29 is 9.47 Å². The molecular weight excluding hydrogens is 154 g/mol. The summed E-state index contributed by atoms with van der Waals surface area (Å²) in [5.74, 6) is 2.50. The van der Waals surface area contributed by atoms with Crippen LogP contribution in [0.15, 0.2) is 0 Å². The van der Waals surface area contributed by atoms with Crippen molar-refractivity contribution in [2.75, 3.05) is 32.9 Å². The van der Waals surface area contributed by atoms with E-state index in [2.05, 4.69) is 11.2 Å². The maximum atomic E-state index is 5.49. The van der Waals surface area contributed by atoms with E-state index in [-0.39, 0.29) is 0 Å². The van der Waals surface area contributed by atoms with Gasteiger partial charge in [0.1, 0.15) is 0 Å². The van der Waals surface area contributed by atoms with Crippen molar-refractivity contribution in [3.8, 4) is 12.3 Å². The lowest BCUT2D eigenvalue weighted by Crippen LogP contribution is -2.23. The third-order valence-electron chi connectivity index (χ3n) is 1.75. The molecule has 1 aliphatic rings. The summed E-state index contributed by atoms with van der Waals surface area (Å²) >= 11 is 0. The SMILES string of the molecule is C#CCNCCOC1CCOC1. The molecule has 0 radical (unpaired) electrons. The number of hydrogen-bond acceptors (Lipinski definition) is 3. The van der Waals surface area contributed by atoms with E-state index in [1.54, 1.807) is 0 Å². The summed E-state index contributed by atoms with van der Waals surface area (Å²) in [5.41, 5.74) is 0. The van der Waals surface area contributed by atoms with Crippen LogP contribution in [0.2, 0.25) is 0 Å². The van der Waals surface area contributed by atoms with Crippen LogP contribution >= 0.6 is 0 Å². The van der Waals surface area contributed by atoms with Gasteiger partial charge in [-0.05, 0) is 6.42 Å². The summed E-state index contributed by atoms with van der Waals surface area (Å²) in [5, 5.41) is 3.06. The first-order valence-corrected chi connectivity index (χ1v) is 4.27. The Kier molecular flexibility index (Phi) is 4.77. The maximum Gasteiger partial charge on any atom is 0.0831 e. The van der Waals surface area contributed by atoms with Crippen LogP contribution in [0, 0.1) is 12.3 Å². The zero-order chi connectivity index (χ0) is 8.65. The third kappa shape index (κ3) is 3.72. The predicted octanol–water partition coefficient (Wildman–Crippen LogP) is 0.0147. The highest BCUT2D eigenvalue weighted by molar-refractivity contribution is 4.86. The van der Waals surface area contributed by atoms with Crippen LogP contribution in [0.25, 0.3) is 0 Å². The Balaban J connectivity index is 1.85. The molecule has 1 atom stereocenters. The van der Waals surface area contributed by atoms with Crippen LogP contribution in [0.4, 0.5) is 0 Å². The lowest BCUT2D eigenvalue weighted by atomic mass is 10.3. The average molecular weight is 169 g/mol. The first-order valence-electron chi connectivity index (χ1n) is 4.27. The van der Waals surface area contributed by atoms with E-state index in [0.29, 0.717) is 12.6 Å². The first kappa shape index (κ1) is 9.53. The van der Waals surface area contributed by atoms with Crippen molar-refractivity contribution in [2.24, 2.45) is 0 Å². The van der Waals surface area contributed by atoms with E-state index in [1.165, 1.54) is 0 Å². The molecular formula is C9H15NO2. The van der Waals surface area contributed by atoms with Crippen LogP contribution in [0.5, 0.6) is 0 Å². The molecule has 1 saturated heterocycles. The van der Waals surface area contributed by atoms with Gasteiger partial charge in [0.2, 0.25) is 0 Å². The normalized spacial score (nSPS) is 22.4. The molecule has 0 aromatic heterocycles. The van der Waals surface area contributed by atoms with Gasteiger partial charge in [-0.3, -0.25) is 0 Å². The van der Waals surface area contributed by atoms with Gasteiger partial charge in [0, 0.05) is 13.2 Å². The second-order valence-electron chi connectivity index (χ2n) is 2.74. The third-order valence-corrected chi connectivity index (χ3v) is 1.75. The van der Waals surface area contributed by atoms with E-state index in [0.717, 1.165) is 32.8 Å². The van der Waals surface area contributed by atoms with E-state index < -0.39 is 0 Å². The van der Waals surface area contributed by atoms with Crippen molar-refractivity contribution >= 4 is 0 Å². The number of rotatable bonds is 5. The van der Waals surface area contributed by atoms with Gasteiger partial charge in [0.25, 0.3) is 0 Å². The fourth-order valence-corrected chi connectivity index (χ4v) is 1.10. The summed E-state index contributed by atoms with van der Waals surface area (Å²) in [6, 6.07) is 0. The largest absolute Gasteiger partial charge is 0.379 e. The minimum atomic E-state index is 0.303. The van der Waals surface area contributed by atoms with Gasteiger partial charge in [0.05, 0.1) is 25.9 Å². The molecule has 1 fully saturated rings. The van der Waals surface area contributed by atoms with Crippen molar-refractivity contribution in [2.45, 2.75) is 12.5 Å². The molecule has 3 nitrogen and oxygen atoms in total. The highest BCUT2D eigenvalue weighted by Crippen LogP contribution is 2.06. The molecule has 1 N–H and O–H groups in total. The molecule has 1 rings (SSSR count). The lowest BCUT2D eigenvalue weighted by molar-refractivity contribution is 0.0449. The standard InChI is InChI=1S/C9H15NO2/c1-2-4-10-5-7-12-9-3-6-11-8-9/h1,9-10H,3-8H2. The zero-order valence-electron chi connectivity index (χ0n) is 7.21. The van der Waals surface area contributed by atoms with Crippen LogP contribution in [0.1, 0.15) is 6.42 Å². The molecule has 0 bridgehead atoms. The quantitative estimate of drug-likeness (QED) is 0.465. The van der Waals surface area contributed by atoms with Gasteiger partial charge in [-0.15, -0.1) is 6.42 Å². The topological polar surface area (TPSA) is 30.5 Å². The van der Waals surface area contributed by atoms with Crippen molar-refractivity contribution in [3.05, 3.63) is 0 Å². The fourth-order valence-electron chi connectivity index (χ4n) is 1.10. The molecule has 68 valence electrons. The maximum absolute atomic E-state index is 5.49. The Hall–Kier alpha value is -0.560. The van der Waals surface area contributed by atoms with Gasteiger partial charge in [0.15, 0.2) is 0 Å². The van der Waals surface area contributed by atoms with E-state index in [9.17, 15) is 0 Å². The Bertz CT molecular complexity index is 147. The second kappa shape index (κ2) is 6.01. The average Bonchev–Trinajstić information content (AvgIpc) is 2.57. The van der Waals surface area contributed by atoms with Crippen molar-refractivity contribution in [1.82, 2.24) is 5.32 Å².